The number of nitrogen functional groups attached to an aromatic ring is 1. The lowest BCUT2D eigenvalue weighted by atomic mass is 9.75. The van der Waals surface area contributed by atoms with Crippen molar-refractivity contribution in [3.63, 3.8) is 0 Å². The van der Waals surface area contributed by atoms with Gasteiger partial charge in [0, 0.05) is 30.6 Å². The molecule has 3 nitrogen and oxygen atoms in total. The molecule has 21 heavy (non-hydrogen) atoms. The molecule has 1 aromatic carbocycles. The first-order valence-electron chi connectivity index (χ1n) is 8.31. The highest BCUT2D eigenvalue weighted by Gasteiger charge is 2.53. The Morgan fingerprint density at radius 3 is 2.52 bits per heavy atom. The minimum atomic E-state index is -0.663. The fourth-order valence-electron chi connectivity index (χ4n) is 4.22. The summed E-state index contributed by atoms with van der Waals surface area (Å²) in [6.07, 6.45) is 3.51. The molecule has 1 saturated carbocycles. The van der Waals surface area contributed by atoms with Crippen LogP contribution in [0.3, 0.4) is 0 Å². The Morgan fingerprint density at radius 2 is 1.95 bits per heavy atom. The van der Waals surface area contributed by atoms with Crippen LogP contribution in [0.5, 0.6) is 0 Å². The Morgan fingerprint density at radius 1 is 1.29 bits per heavy atom. The number of aliphatic hydroxyl groups is 1. The second-order valence-corrected chi connectivity index (χ2v) is 7.36. The number of rotatable bonds is 4. The van der Waals surface area contributed by atoms with Crippen molar-refractivity contribution in [2.45, 2.75) is 38.7 Å². The molecule has 3 N–H and O–H groups in total. The molecular formula is C18H28N2O. The fraction of sp³-hybridized carbons (Fsp3) is 0.667. The van der Waals surface area contributed by atoms with Crippen molar-refractivity contribution in [1.29, 1.82) is 0 Å². The first-order chi connectivity index (χ1) is 10.00. The van der Waals surface area contributed by atoms with Gasteiger partial charge in [-0.05, 0) is 49.4 Å². The highest BCUT2D eigenvalue weighted by Crippen LogP contribution is 2.51. The van der Waals surface area contributed by atoms with Gasteiger partial charge in [0.15, 0.2) is 0 Å². The predicted molar refractivity (Wildman–Crippen MR) is 86.9 cm³/mol. The van der Waals surface area contributed by atoms with Crippen molar-refractivity contribution < 1.29 is 5.11 Å². The summed E-state index contributed by atoms with van der Waals surface area (Å²) in [5.41, 5.74) is 7.04. The first kappa shape index (κ1) is 14.9. The lowest BCUT2D eigenvalue weighted by molar-refractivity contribution is -0.0901. The zero-order valence-corrected chi connectivity index (χ0v) is 13.3. The Hall–Kier alpha value is -1.06. The van der Waals surface area contributed by atoms with Gasteiger partial charge >= 0.3 is 0 Å². The Bertz CT molecular complexity index is 486. The van der Waals surface area contributed by atoms with Crippen LogP contribution >= 0.6 is 0 Å². The smallest absolute Gasteiger partial charge is 0.0977 e. The van der Waals surface area contributed by atoms with E-state index in [2.05, 4.69) is 18.7 Å². The summed E-state index contributed by atoms with van der Waals surface area (Å²) in [5, 5.41) is 11.4. The van der Waals surface area contributed by atoms with Gasteiger partial charge in [0.25, 0.3) is 0 Å². The third-order valence-corrected chi connectivity index (χ3v) is 5.44. The van der Waals surface area contributed by atoms with E-state index in [1.807, 2.05) is 24.3 Å². The summed E-state index contributed by atoms with van der Waals surface area (Å²) in [4.78, 5) is 2.56. The van der Waals surface area contributed by atoms with Crippen LogP contribution < -0.4 is 5.73 Å². The van der Waals surface area contributed by atoms with E-state index in [1.165, 1.54) is 6.42 Å². The summed E-state index contributed by atoms with van der Waals surface area (Å²) < 4.78 is 0. The lowest BCUT2D eigenvalue weighted by Gasteiger charge is -2.45. The maximum absolute atomic E-state index is 11.4. The number of benzene rings is 1. The van der Waals surface area contributed by atoms with E-state index in [-0.39, 0.29) is 0 Å². The molecule has 0 radical (unpaired) electrons. The lowest BCUT2D eigenvalue weighted by Crippen LogP contribution is -2.52. The van der Waals surface area contributed by atoms with Crippen LogP contribution in [0.2, 0.25) is 0 Å². The van der Waals surface area contributed by atoms with Crippen molar-refractivity contribution in [3.8, 4) is 0 Å². The molecule has 2 aliphatic rings. The third kappa shape index (κ3) is 2.69. The quantitative estimate of drug-likeness (QED) is 0.838. The van der Waals surface area contributed by atoms with Crippen LogP contribution in [0, 0.1) is 17.8 Å². The van der Waals surface area contributed by atoms with E-state index in [1.54, 1.807) is 0 Å². The van der Waals surface area contributed by atoms with Gasteiger partial charge in [0.1, 0.15) is 0 Å². The molecule has 1 heterocycles. The highest BCUT2D eigenvalue weighted by molar-refractivity contribution is 5.43. The van der Waals surface area contributed by atoms with Crippen molar-refractivity contribution in [2.75, 3.05) is 25.4 Å². The van der Waals surface area contributed by atoms with Gasteiger partial charge in [0.05, 0.1) is 5.60 Å². The van der Waals surface area contributed by atoms with Crippen LogP contribution in [0.15, 0.2) is 24.3 Å². The molecule has 116 valence electrons. The average Bonchev–Trinajstić information content (AvgIpc) is 2.64. The Labute approximate surface area is 128 Å². The number of anilines is 1. The van der Waals surface area contributed by atoms with Crippen molar-refractivity contribution in [1.82, 2.24) is 4.90 Å². The van der Waals surface area contributed by atoms with Crippen molar-refractivity contribution >= 4 is 5.69 Å². The molecule has 1 aromatic rings. The molecule has 1 aliphatic carbocycles. The number of piperidine rings is 1. The SMILES string of the molecule is CC(C)CCN1CC2CCC(C1)C2(O)c1cccc(N)c1. The topological polar surface area (TPSA) is 49.5 Å². The zero-order valence-electron chi connectivity index (χ0n) is 13.3. The number of hydrogen-bond donors (Lipinski definition) is 2. The second kappa shape index (κ2) is 5.62. The van der Waals surface area contributed by atoms with Gasteiger partial charge in [0.2, 0.25) is 0 Å². The Balaban J connectivity index is 1.78. The monoisotopic (exact) mass is 288 g/mol. The van der Waals surface area contributed by atoms with E-state index >= 15 is 0 Å². The minimum absolute atomic E-state index is 0.352. The third-order valence-electron chi connectivity index (χ3n) is 5.44. The molecule has 1 aliphatic heterocycles. The van der Waals surface area contributed by atoms with Crippen molar-refractivity contribution in [3.05, 3.63) is 29.8 Å². The summed E-state index contributed by atoms with van der Waals surface area (Å²) in [6.45, 7) is 7.77. The molecule has 3 rings (SSSR count). The molecule has 2 bridgehead atoms. The van der Waals surface area contributed by atoms with Crippen LogP contribution in [-0.2, 0) is 5.60 Å². The molecule has 0 amide bonds. The number of fused-ring (bicyclic) bond motifs is 2. The molecule has 1 saturated heterocycles. The molecule has 0 spiro atoms. The maximum atomic E-state index is 11.4. The van der Waals surface area contributed by atoms with Gasteiger partial charge < -0.3 is 15.7 Å². The minimum Gasteiger partial charge on any atom is -0.399 e. The summed E-state index contributed by atoms with van der Waals surface area (Å²) in [5.74, 6) is 1.45. The highest BCUT2D eigenvalue weighted by atomic mass is 16.3. The van der Waals surface area contributed by atoms with Gasteiger partial charge in [-0.15, -0.1) is 0 Å². The molecule has 2 fully saturated rings. The average molecular weight is 288 g/mol. The molecule has 2 unspecified atom stereocenters. The number of nitrogens with zero attached hydrogens (tertiary/aromatic N) is 1. The second-order valence-electron chi connectivity index (χ2n) is 7.36. The standard InChI is InChI=1S/C18H28N2O/c1-13(2)8-9-20-11-15-6-7-16(12-20)18(15,21)14-4-3-5-17(19)10-14/h3-5,10,13,15-16,21H,6-9,11-12,19H2,1-2H3. The normalized spacial score (nSPS) is 32.8. The first-order valence-corrected chi connectivity index (χ1v) is 8.31. The fourth-order valence-corrected chi connectivity index (χ4v) is 4.22. The van der Waals surface area contributed by atoms with E-state index in [0.717, 1.165) is 49.6 Å². The molecule has 3 heteroatoms. The number of likely N-dealkylation sites (tertiary alicyclic amines) is 1. The van der Waals surface area contributed by atoms with E-state index in [0.29, 0.717) is 11.8 Å². The maximum Gasteiger partial charge on any atom is 0.0977 e. The molecule has 2 atom stereocenters. The molecule has 0 aromatic heterocycles. The number of hydrogen-bond acceptors (Lipinski definition) is 3. The van der Waals surface area contributed by atoms with Crippen LogP contribution in [-0.4, -0.2) is 29.6 Å². The summed E-state index contributed by atoms with van der Waals surface area (Å²) >= 11 is 0. The summed E-state index contributed by atoms with van der Waals surface area (Å²) in [7, 11) is 0. The van der Waals surface area contributed by atoms with Crippen molar-refractivity contribution in [2.24, 2.45) is 17.8 Å². The van der Waals surface area contributed by atoms with E-state index < -0.39 is 5.60 Å². The Kier molecular flexibility index (Phi) is 3.98. The number of nitrogens with two attached hydrogens (primary N) is 1. The zero-order chi connectivity index (χ0) is 15.0. The van der Waals surface area contributed by atoms with Gasteiger partial charge in [-0.3, -0.25) is 0 Å². The molecular weight excluding hydrogens is 260 g/mol. The van der Waals surface area contributed by atoms with Gasteiger partial charge in [-0.25, -0.2) is 0 Å². The summed E-state index contributed by atoms with van der Waals surface area (Å²) in [6, 6.07) is 7.88. The van der Waals surface area contributed by atoms with Gasteiger partial charge in [-0.1, -0.05) is 26.0 Å². The van der Waals surface area contributed by atoms with E-state index in [9.17, 15) is 5.11 Å². The predicted octanol–water partition coefficient (Wildman–Crippen LogP) is 2.84. The van der Waals surface area contributed by atoms with Crippen LogP contribution in [0.4, 0.5) is 5.69 Å². The van der Waals surface area contributed by atoms with Gasteiger partial charge in [-0.2, -0.15) is 0 Å². The van der Waals surface area contributed by atoms with Crippen LogP contribution in [0.25, 0.3) is 0 Å². The van der Waals surface area contributed by atoms with Crippen LogP contribution in [0.1, 0.15) is 38.7 Å². The van der Waals surface area contributed by atoms with E-state index in [4.69, 9.17) is 5.73 Å². The largest absolute Gasteiger partial charge is 0.399 e.